The van der Waals surface area contributed by atoms with Gasteiger partial charge in [0.25, 0.3) is 0 Å². The Morgan fingerprint density at radius 3 is 2.12 bits per heavy atom. The molecule has 0 atom stereocenters. The van der Waals surface area contributed by atoms with Crippen LogP contribution < -0.4 is 4.74 Å². The van der Waals surface area contributed by atoms with Gasteiger partial charge >= 0.3 is 11.9 Å². The Labute approximate surface area is 107 Å². The maximum Gasteiger partial charge on any atom is 0.342 e. The molecule has 17 heavy (non-hydrogen) atoms. The van der Waals surface area contributed by atoms with Crippen molar-refractivity contribution in [1.29, 1.82) is 0 Å². The van der Waals surface area contributed by atoms with Gasteiger partial charge < -0.3 is 14.2 Å². The number of ether oxygens (including phenoxy) is 3. The fraction of sp³-hybridized carbons (Fsp3) is 0.273. The Hall–Kier alpha value is -1.56. The molecule has 0 radical (unpaired) electrons. The summed E-state index contributed by atoms with van der Waals surface area (Å²) >= 11 is 3.17. The summed E-state index contributed by atoms with van der Waals surface area (Å²) in [6.07, 6.45) is 0. The molecule has 92 valence electrons. The molecule has 0 N–H and O–H groups in total. The van der Waals surface area contributed by atoms with Crippen LogP contribution in [-0.2, 0) is 9.47 Å². The molecule has 0 aliphatic heterocycles. The number of hydrogen-bond donors (Lipinski definition) is 0. The molecule has 0 saturated carbocycles. The molecule has 1 rings (SSSR count). The third kappa shape index (κ3) is 2.58. The van der Waals surface area contributed by atoms with Crippen molar-refractivity contribution >= 4 is 27.9 Å². The predicted octanol–water partition coefficient (Wildman–Crippen LogP) is 2.03. The number of rotatable bonds is 3. The minimum atomic E-state index is -0.598. The van der Waals surface area contributed by atoms with Crippen LogP contribution in [0.3, 0.4) is 0 Å². The zero-order chi connectivity index (χ0) is 13.0. The maximum absolute atomic E-state index is 11.6. The van der Waals surface area contributed by atoms with Crippen LogP contribution in [-0.4, -0.2) is 33.3 Å². The SMILES string of the molecule is COC(=O)c1ccc(OC)c(C(=O)OC)c1Br. The fourth-order valence-electron chi connectivity index (χ4n) is 1.29. The highest BCUT2D eigenvalue weighted by atomic mass is 79.9. The van der Waals surface area contributed by atoms with E-state index in [-0.39, 0.29) is 15.6 Å². The second-order valence-electron chi connectivity index (χ2n) is 2.99. The molecular formula is C11H11BrO5. The van der Waals surface area contributed by atoms with E-state index in [4.69, 9.17) is 4.74 Å². The molecule has 1 aromatic rings. The van der Waals surface area contributed by atoms with Crippen LogP contribution in [0.2, 0.25) is 0 Å². The molecule has 6 heteroatoms. The minimum absolute atomic E-state index is 0.151. The lowest BCUT2D eigenvalue weighted by Crippen LogP contribution is -2.10. The monoisotopic (exact) mass is 302 g/mol. The van der Waals surface area contributed by atoms with Crippen molar-refractivity contribution in [3.63, 3.8) is 0 Å². The predicted molar refractivity (Wildman–Crippen MR) is 63.4 cm³/mol. The second kappa shape index (κ2) is 5.67. The first-order valence-corrected chi connectivity index (χ1v) is 5.39. The van der Waals surface area contributed by atoms with Gasteiger partial charge in [-0.3, -0.25) is 0 Å². The van der Waals surface area contributed by atoms with Gasteiger partial charge in [0, 0.05) is 0 Å². The normalized spacial score (nSPS) is 9.65. The molecule has 0 aliphatic carbocycles. The van der Waals surface area contributed by atoms with Crippen LogP contribution in [0.15, 0.2) is 16.6 Å². The van der Waals surface area contributed by atoms with Crippen molar-refractivity contribution in [3.05, 3.63) is 27.7 Å². The van der Waals surface area contributed by atoms with Crippen molar-refractivity contribution < 1.29 is 23.8 Å². The van der Waals surface area contributed by atoms with E-state index < -0.39 is 11.9 Å². The van der Waals surface area contributed by atoms with Gasteiger partial charge in [-0.15, -0.1) is 0 Å². The molecular weight excluding hydrogens is 292 g/mol. The van der Waals surface area contributed by atoms with Crippen LogP contribution in [0.5, 0.6) is 5.75 Å². The number of esters is 2. The summed E-state index contributed by atoms with van der Waals surface area (Å²) < 4.78 is 14.5. The highest BCUT2D eigenvalue weighted by Gasteiger charge is 2.22. The van der Waals surface area contributed by atoms with Crippen LogP contribution in [0.4, 0.5) is 0 Å². The molecule has 1 aromatic carbocycles. The number of carbonyl (C=O) groups is 2. The minimum Gasteiger partial charge on any atom is -0.496 e. The number of carbonyl (C=O) groups excluding carboxylic acids is 2. The molecule has 0 unspecified atom stereocenters. The Balaban J connectivity index is 3.42. The Kier molecular flexibility index (Phi) is 4.51. The van der Waals surface area contributed by atoms with Gasteiger partial charge in [-0.1, -0.05) is 0 Å². The topological polar surface area (TPSA) is 61.8 Å². The fourth-order valence-corrected chi connectivity index (χ4v) is 1.94. The van der Waals surface area contributed by atoms with E-state index in [0.29, 0.717) is 5.75 Å². The average molecular weight is 303 g/mol. The first-order valence-electron chi connectivity index (χ1n) is 4.60. The van der Waals surface area contributed by atoms with E-state index >= 15 is 0 Å². The van der Waals surface area contributed by atoms with Crippen LogP contribution in [0.25, 0.3) is 0 Å². The molecule has 0 amide bonds. The summed E-state index contributed by atoms with van der Waals surface area (Å²) in [5, 5.41) is 0. The smallest absolute Gasteiger partial charge is 0.342 e. The van der Waals surface area contributed by atoms with Crippen LogP contribution >= 0.6 is 15.9 Å². The number of halogens is 1. The molecule has 0 aliphatic rings. The lowest BCUT2D eigenvalue weighted by Gasteiger charge is -2.11. The van der Waals surface area contributed by atoms with Crippen molar-refractivity contribution in [2.24, 2.45) is 0 Å². The van der Waals surface area contributed by atoms with Crippen molar-refractivity contribution in [2.45, 2.75) is 0 Å². The molecule has 0 spiro atoms. The number of benzene rings is 1. The second-order valence-corrected chi connectivity index (χ2v) is 3.78. The van der Waals surface area contributed by atoms with E-state index in [1.54, 1.807) is 0 Å². The molecule has 0 aromatic heterocycles. The molecule has 0 bridgehead atoms. The highest BCUT2D eigenvalue weighted by molar-refractivity contribution is 9.10. The third-order valence-corrected chi connectivity index (χ3v) is 2.94. The van der Waals surface area contributed by atoms with Gasteiger partial charge in [-0.05, 0) is 28.1 Å². The Morgan fingerprint density at radius 1 is 1.06 bits per heavy atom. The van der Waals surface area contributed by atoms with Gasteiger partial charge in [0.1, 0.15) is 11.3 Å². The van der Waals surface area contributed by atoms with Crippen molar-refractivity contribution in [1.82, 2.24) is 0 Å². The quantitative estimate of drug-likeness (QED) is 0.800. The maximum atomic E-state index is 11.6. The van der Waals surface area contributed by atoms with Gasteiger partial charge in [-0.25, -0.2) is 9.59 Å². The summed E-state index contributed by atoms with van der Waals surface area (Å²) in [7, 11) is 3.93. The molecule has 0 fully saturated rings. The number of hydrogen-bond acceptors (Lipinski definition) is 5. The van der Waals surface area contributed by atoms with Crippen molar-refractivity contribution in [2.75, 3.05) is 21.3 Å². The van der Waals surface area contributed by atoms with Gasteiger partial charge in [0.15, 0.2) is 0 Å². The van der Waals surface area contributed by atoms with Gasteiger partial charge in [-0.2, -0.15) is 0 Å². The summed E-state index contributed by atoms with van der Waals surface area (Å²) in [6.45, 7) is 0. The zero-order valence-electron chi connectivity index (χ0n) is 9.57. The van der Waals surface area contributed by atoms with E-state index in [2.05, 4.69) is 25.4 Å². The first kappa shape index (κ1) is 13.5. The highest BCUT2D eigenvalue weighted by Crippen LogP contribution is 2.31. The summed E-state index contributed by atoms with van der Waals surface area (Å²) in [4.78, 5) is 23.0. The average Bonchev–Trinajstić information content (AvgIpc) is 2.36. The van der Waals surface area contributed by atoms with Gasteiger partial charge in [0.05, 0.1) is 31.4 Å². The zero-order valence-corrected chi connectivity index (χ0v) is 11.2. The standard InChI is InChI=1S/C11H11BrO5/c1-15-7-5-4-6(10(13)16-2)9(12)8(7)11(14)17-3/h4-5H,1-3H3. The third-order valence-electron chi connectivity index (χ3n) is 2.12. The largest absolute Gasteiger partial charge is 0.496 e. The first-order chi connectivity index (χ1) is 8.06. The van der Waals surface area contributed by atoms with E-state index in [0.717, 1.165) is 0 Å². The lowest BCUT2D eigenvalue weighted by molar-refractivity contribution is 0.0594. The molecule has 5 nitrogen and oxygen atoms in total. The summed E-state index contributed by atoms with van der Waals surface area (Å²) in [5.41, 5.74) is 0.381. The van der Waals surface area contributed by atoms with Crippen LogP contribution in [0, 0.1) is 0 Å². The molecule has 0 saturated heterocycles. The van der Waals surface area contributed by atoms with Crippen LogP contribution in [0.1, 0.15) is 20.7 Å². The van der Waals surface area contributed by atoms with E-state index in [1.807, 2.05) is 0 Å². The van der Waals surface area contributed by atoms with E-state index in [9.17, 15) is 9.59 Å². The number of methoxy groups -OCH3 is 3. The summed E-state index contributed by atoms with van der Waals surface area (Å²) in [6, 6.07) is 3.00. The molecule has 0 heterocycles. The van der Waals surface area contributed by atoms with E-state index in [1.165, 1.54) is 33.5 Å². The van der Waals surface area contributed by atoms with Crippen molar-refractivity contribution in [3.8, 4) is 5.75 Å². The summed E-state index contributed by atoms with van der Waals surface area (Å²) in [5.74, 6) is -0.833. The Bertz CT molecular complexity index is 455. The Morgan fingerprint density at radius 2 is 1.65 bits per heavy atom. The lowest BCUT2D eigenvalue weighted by atomic mass is 10.1. The van der Waals surface area contributed by atoms with Gasteiger partial charge in [0.2, 0.25) is 0 Å².